The largest absolute Gasteiger partial charge is 0.507 e. The van der Waals surface area contributed by atoms with E-state index in [-0.39, 0.29) is 37.1 Å². The summed E-state index contributed by atoms with van der Waals surface area (Å²) in [6.07, 6.45) is 1.75. The summed E-state index contributed by atoms with van der Waals surface area (Å²) in [4.78, 5) is 26.8. The number of amides is 2. The Bertz CT molecular complexity index is 1040. The number of ether oxygens (including phenoxy) is 2. The standard InChI is InChI=1S/C20H16N2O5S2/c23-14-4-2-1-3-13(14)18(24)21-7-8-22-19(25)17(29-20(22)28)10-12-5-6-15-16(9-12)27-11-26-15/h1-6,9-10,23H,7-8,11H2,(H,21,24)/b17-10-. The quantitative estimate of drug-likeness (QED) is 0.559. The Labute approximate surface area is 176 Å². The predicted molar refractivity (Wildman–Crippen MR) is 113 cm³/mol. The second-order valence-electron chi connectivity index (χ2n) is 6.22. The first-order valence-electron chi connectivity index (χ1n) is 8.74. The Morgan fingerprint density at radius 3 is 2.86 bits per heavy atom. The molecule has 0 aromatic heterocycles. The van der Waals surface area contributed by atoms with E-state index in [4.69, 9.17) is 21.7 Å². The van der Waals surface area contributed by atoms with Gasteiger partial charge in [0.15, 0.2) is 11.5 Å². The van der Waals surface area contributed by atoms with Gasteiger partial charge in [-0.05, 0) is 35.9 Å². The highest BCUT2D eigenvalue weighted by Crippen LogP contribution is 2.36. The van der Waals surface area contributed by atoms with Crippen LogP contribution in [0.5, 0.6) is 17.2 Å². The lowest BCUT2D eigenvalue weighted by molar-refractivity contribution is -0.122. The van der Waals surface area contributed by atoms with Crippen molar-refractivity contribution in [1.82, 2.24) is 10.2 Å². The lowest BCUT2D eigenvalue weighted by Crippen LogP contribution is -2.37. The van der Waals surface area contributed by atoms with Gasteiger partial charge < -0.3 is 19.9 Å². The second kappa shape index (κ2) is 8.14. The van der Waals surface area contributed by atoms with Crippen molar-refractivity contribution in [3.63, 3.8) is 0 Å². The van der Waals surface area contributed by atoms with Gasteiger partial charge in [0.1, 0.15) is 10.1 Å². The number of benzene rings is 2. The molecule has 7 nitrogen and oxygen atoms in total. The Morgan fingerprint density at radius 2 is 2.03 bits per heavy atom. The number of nitrogens with zero attached hydrogens (tertiary/aromatic N) is 1. The molecule has 1 fully saturated rings. The van der Waals surface area contributed by atoms with Crippen molar-refractivity contribution in [2.45, 2.75) is 0 Å². The third-order valence-electron chi connectivity index (χ3n) is 4.34. The molecule has 148 valence electrons. The van der Waals surface area contributed by atoms with Gasteiger partial charge in [-0.15, -0.1) is 0 Å². The molecule has 2 aromatic rings. The molecule has 2 amide bonds. The number of carbonyl (C=O) groups is 2. The fourth-order valence-electron chi connectivity index (χ4n) is 2.89. The van der Waals surface area contributed by atoms with E-state index in [9.17, 15) is 14.7 Å². The van der Waals surface area contributed by atoms with Gasteiger partial charge >= 0.3 is 0 Å². The normalized spacial score (nSPS) is 16.6. The van der Waals surface area contributed by atoms with Crippen molar-refractivity contribution in [3.8, 4) is 17.2 Å². The molecule has 0 bridgehead atoms. The second-order valence-corrected chi connectivity index (χ2v) is 7.89. The molecule has 2 aromatic carbocycles. The zero-order chi connectivity index (χ0) is 20.4. The summed E-state index contributed by atoms with van der Waals surface area (Å²) >= 11 is 6.53. The molecule has 1 saturated heterocycles. The maximum atomic E-state index is 12.7. The Hall–Kier alpha value is -3.04. The van der Waals surface area contributed by atoms with Gasteiger partial charge in [0.2, 0.25) is 6.79 Å². The number of phenolic OH excluding ortho intramolecular Hbond substituents is 1. The van der Waals surface area contributed by atoms with Crippen LogP contribution in [-0.4, -0.2) is 46.0 Å². The van der Waals surface area contributed by atoms with E-state index in [0.717, 1.165) is 5.56 Å². The van der Waals surface area contributed by atoms with E-state index in [1.807, 2.05) is 6.07 Å². The number of thioether (sulfide) groups is 1. The molecule has 0 spiro atoms. The minimum atomic E-state index is -0.413. The number of nitrogens with one attached hydrogen (secondary N) is 1. The minimum Gasteiger partial charge on any atom is -0.507 e. The lowest BCUT2D eigenvalue weighted by atomic mass is 10.2. The topological polar surface area (TPSA) is 88.1 Å². The first kappa shape index (κ1) is 19.3. The highest BCUT2D eigenvalue weighted by molar-refractivity contribution is 8.26. The van der Waals surface area contributed by atoms with Gasteiger partial charge in [0.25, 0.3) is 11.8 Å². The molecular formula is C20H16N2O5S2. The summed E-state index contributed by atoms with van der Waals surface area (Å²) < 4.78 is 11.1. The molecule has 2 N–H and O–H groups in total. The van der Waals surface area contributed by atoms with Crippen molar-refractivity contribution in [2.75, 3.05) is 19.9 Å². The van der Waals surface area contributed by atoms with E-state index in [2.05, 4.69) is 5.32 Å². The molecular weight excluding hydrogens is 412 g/mol. The highest BCUT2D eigenvalue weighted by Gasteiger charge is 2.31. The molecule has 0 saturated carbocycles. The maximum absolute atomic E-state index is 12.7. The number of fused-ring (bicyclic) bond motifs is 1. The van der Waals surface area contributed by atoms with Crippen LogP contribution in [0.3, 0.4) is 0 Å². The number of hydrogen-bond donors (Lipinski definition) is 2. The van der Waals surface area contributed by atoms with E-state index < -0.39 is 5.91 Å². The molecule has 4 rings (SSSR count). The average molecular weight is 428 g/mol. The summed E-state index contributed by atoms with van der Waals surface area (Å²) in [6, 6.07) is 11.7. The van der Waals surface area contributed by atoms with E-state index in [1.165, 1.54) is 28.8 Å². The van der Waals surface area contributed by atoms with Gasteiger partial charge in [-0.25, -0.2) is 0 Å². The van der Waals surface area contributed by atoms with Gasteiger partial charge in [-0.1, -0.05) is 42.2 Å². The fraction of sp³-hybridized carbons (Fsp3) is 0.150. The van der Waals surface area contributed by atoms with Crippen LogP contribution in [0.25, 0.3) is 6.08 Å². The smallest absolute Gasteiger partial charge is 0.266 e. The Morgan fingerprint density at radius 1 is 1.24 bits per heavy atom. The first-order chi connectivity index (χ1) is 14.0. The van der Waals surface area contributed by atoms with Crippen LogP contribution in [0.1, 0.15) is 15.9 Å². The summed E-state index contributed by atoms with van der Waals surface area (Å²) in [5, 5.41) is 12.4. The Kier molecular flexibility index (Phi) is 5.41. The van der Waals surface area contributed by atoms with Crippen molar-refractivity contribution in [1.29, 1.82) is 0 Å². The molecule has 29 heavy (non-hydrogen) atoms. The molecule has 0 aliphatic carbocycles. The van der Waals surface area contributed by atoms with Gasteiger partial charge in [-0.3, -0.25) is 14.5 Å². The van der Waals surface area contributed by atoms with Crippen LogP contribution < -0.4 is 14.8 Å². The first-order valence-corrected chi connectivity index (χ1v) is 9.96. The predicted octanol–water partition coefficient (Wildman–Crippen LogP) is 2.75. The van der Waals surface area contributed by atoms with E-state index >= 15 is 0 Å². The summed E-state index contributed by atoms with van der Waals surface area (Å²) in [7, 11) is 0. The van der Waals surface area contributed by atoms with Crippen LogP contribution in [0, 0.1) is 0 Å². The summed E-state index contributed by atoms with van der Waals surface area (Å²) in [5.74, 6) is 0.595. The average Bonchev–Trinajstić information content (AvgIpc) is 3.27. The number of rotatable bonds is 5. The molecule has 0 atom stereocenters. The molecule has 0 radical (unpaired) electrons. The third kappa shape index (κ3) is 4.06. The Balaban J connectivity index is 1.38. The molecule has 0 unspecified atom stereocenters. The third-order valence-corrected chi connectivity index (χ3v) is 5.72. The van der Waals surface area contributed by atoms with Crippen molar-refractivity contribution in [2.24, 2.45) is 0 Å². The number of hydrogen-bond acceptors (Lipinski definition) is 7. The van der Waals surface area contributed by atoms with Gasteiger partial charge in [0.05, 0.1) is 10.5 Å². The van der Waals surface area contributed by atoms with E-state index in [0.29, 0.717) is 20.7 Å². The van der Waals surface area contributed by atoms with Gasteiger partial charge in [0, 0.05) is 13.1 Å². The number of para-hydroxylation sites is 1. The van der Waals surface area contributed by atoms with Crippen LogP contribution >= 0.6 is 24.0 Å². The molecule has 9 heteroatoms. The number of thiocarbonyl (C=S) groups is 1. The summed E-state index contributed by atoms with van der Waals surface area (Å²) in [6.45, 7) is 0.632. The van der Waals surface area contributed by atoms with Crippen LogP contribution in [0.2, 0.25) is 0 Å². The molecule has 2 aliphatic rings. The number of aromatic hydroxyl groups is 1. The van der Waals surface area contributed by atoms with Gasteiger partial charge in [-0.2, -0.15) is 0 Å². The molecule has 2 heterocycles. The van der Waals surface area contributed by atoms with Crippen molar-refractivity contribution < 1.29 is 24.2 Å². The lowest BCUT2D eigenvalue weighted by Gasteiger charge is -2.15. The SMILES string of the molecule is O=C(NCCN1C(=O)/C(=C/c2ccc3c(c2)OCO3)SC1=S)c1ccccc1O. The zero-order valence-corrected chi connectivity index (χ0v) is 16.7. The minimum absolute atomic E-state index is 0.0951. The number of carbonyl (C=O) groups excluding carboxylic acids is 2. The van der Waals surface area contributed by atoms with E-state index in [1.54, 1.807) is 30.3 Å². The molecule has 2 aliphatic heterocycles. The van der Waals surface area contributed by atoms with Crippen LogP contribution in [-0.2, 0) is 4.79 Å². The monoisotopic (exact) mass is 428 g/mol. The van der Waals surface area contributed by atoms with Crippen LogP contribution in [0.4, 0.5) is 0 Å². The van der Waals surface area contributed by atoms with Crippen molar-refractivity contribution in [3.05, 3.63) is 58.5 Å². The highest BCUT2D eigenvalue weighted by atomic mass is 32.2. The van der Waals surface area contributed by atoms with Crippen molar-refractivity contribution >= 4 is 46.2 Å². The number of phenols is 1. The van der Waals surface area contributed by atoms with Crippen LogP contribution in [0.15, 0.2) is 47.4 Å². The maximum Gasteiger partial charge on any atom is 0.266 e. The summed E-state index contributed by atoms with van der Waals surface area (Å²) in [5.41, 5.74) is 0.989. The fourth-order valence-corrected chi connectivity index (χ4v) is 4.20. The zero-order valence-electron chi connectivity index (χ0n) is 15.1.